The number of halogens is 3. The highest BCUT2D eigenvalue weighted by atomic mass is 19.4. The fourth-order valence-corrected chi connectivity index (χ4v) is 5.31. The van der Waals surface area contributed by atoms with E-state index in [9.17, 15) is 22.8 Å². The zero-order valence-electron chi connectivity index (χ0n) is 24.7. The summed E-state index contributed by atoms with van der Waals surface area (Å²) in [5.41, 5.74) is 2.79. The molecule has 44 heavy (non-hydrogen) atoms. The van der Waals surface area contributed by atoms with Crippen molar-refractivity contribution in [3.05, 3.63) is 101 Å². The molecule has 0 aliphatic carbocycles. The second-order valence-electron chi connectivity index (χ2n) is 10.9. The van der Waals surface area contributed by atoms with Gasteiger partial charge in [0, 0.05) is 38.2 Å². The van der Waals surface area contributed by atoms with E-state index in [0.29, 0.717) is 45.0 Å². The Hall–Kier alpha value is -4.22. The lowest BCUT2D eigenvalue weighted by atomic mass is 9.97. The molecule has 232 valence electrons. The Morgan fingerprint density at radius 3 is 2.25 bits per heavy atom. The minimum absolute atomic E-state index is 0.0757. The molecule has 5 rings (SSSR count). The van der Waals surface area contributed by atoms with Crippen molar-refractivity contribution >= 4 is 17.5 Å². The van der Waals surface area contributed by atoms with Crippen molar-refractivity contribution in [2.75, 3.05) is 53.0 Å². The van der Waals surface area contributed by atoms with Crippen molar-refractivity contribution in [2.45, 2.75) is 25.6 Å². The Kier molecular flexibility index (Phi) is 9.65. The molecule has 3 aromatic rings. The Bertz CT molecular complexity index is 1470. The maximum atomic E-state index is 14.0. The lowest BCUT2D eigenvalue weighted by Crippen LogP contribution is -2.46. The van der Waals surface area contributed by atoms with Crippen LogP contribution in [0.1, 0.15) is 45.1 Å². The Balaban J connectivity index is 1.41. The molecule has 0 N–H and O–H groups in total. The van der Waals surface area contributed by atoms with Gasteiger partial charge in [-0.3, -0.25) is 14.5 Å². The van der Waals surface area contributed by atoms with E-state index < -0.39 is 17.6 Å². The number of rotatable bonds is 9. The average Bonchev–Trinajstić information content (AvgIpc) is 3.49. The fourth-order valence-electron chi connectivity index (χ4n) is 5.31. The number of hydrogen-bond donors (Lipinski definition) is 0. The van der Waals surface area contributed by atoms with Crippen LogP contribution in [0, 0.1) is 6.92 Å². The molecule has 0 spiro atoms. The summed E-state index contributed by atoms with van der Waals surface area (Å²) in [6, 6.07) is 19.0. The summed E-state index contributed by atoms with van der Waals surface area (Å²) in [5.74, 6) is -0.208. The molecule has 0 radical (unpaired) electrons. The number of hydrogen-bond acceptors (Lipinski definition) is 6. The standard InChI is InChI=1S/C33H35F3N4O4/c1-23-3-5-25(6-4-23)30-21-29(24-9-13-28(43-2)14-10-24)37-40(30)31(41)22-39(16-15-38-17-19-44-20-18-38)32(42)26-7-11-27(12-8-26)33(34,35)36/h3-14,30H,15-22H2,1-2H3/t30-/m1/s1. The molecule has 0 bridgehead atoms. The van der Waals surface area contributed by atoms with Crippen LogP contribution in [0.3, 0.4) is 0 Å². The molecule has 2 amide bonds. The van der Waals surface area contributed by atoms with Gasteiger partial charge < -0.3 is 14.4 Å². The quantitative estimate of drug-likeness (QED) is 0.335. The van der Waals surface area contributed by atoms with Crippen LogP contribution in [0.2, 0.25) is 0 Å². The minimum atomic E-state index is -4.52. The summed E-state index contributed by atoms with van der Waals surface area (Å²) in [7, 11) is 1.59. The van der Waals surface area contributed by atoms with Crippen LogP contribution in [0.15, 0.2) is 77.9 Å². The maximum Gasteiger partial charge on any atom is 0.416 e. The molecular weight excluding hydrogens is 573 g/mol. The number of carbonyl (C=O) groups excluding carboxylic acids is 2. The molecule has 2 aliphatic rings. The Morgan fingerprint density at radius 1 is 0.977 bits per heavy atom. The number of amides is 2. The number of alkyl halides is 3. The summed E-state index contributed by atoms with van der Waals surface area (Å²) < 4.78 is 50.2. The number of benzene rings is 3. The van der Waals surface area contributed by atoms with E-state index in [2.05, 4.69) is 4.90 Å². The third-order valence-corrected chi connectivity index (χ3v) is 7.91. The van der Waals surface area contributed by atoms with Gasteiger partial charge in [-0.1, -0.05) is 29.8 Å². The molecule has 0 unspecified atom stereocenters. The first kappa shape index (κ1) is 31.2. The summed E-state index contributed by atoms with van der Waals surface area (Å²) in [5, 5.41) is 6.17. The number of ether oxygens (including phenoxy) is 2. The van der Waals surface area contributed by atoms with Gasteiger partial charge in [-0.05, 0) is 66.6 Å². The van der Waals surface area contributed by atoms with Crippen LogP contribution in [-0.2, 0) is 15.7 Å². The van der Waals surface area contributed by atoms with Crippen molar-refractivity contribution in [1.29, 1.82) is 0 Å². The zero-order chi connectivity index (χ0) is 31.3. The number of carbonyl (C=O) groups is 2. The summed E-state index contributed by atoms with van der Waals surface area (Å²) in [4.78, 5) is 31.2. The van der Waals surface area contributed by atoms with E-state index in [0.717, 1.165) is 46.7 Å². The first-order valence-electron chi connectivity index (χ1n) is 14.5. The van der Waals surface area contributed by atoms with E-state index in [1.807, 2.05) is 55.5 Å². The zero-order valence-corrected chi connectivity index (χ0v) is 24.7. The minimum Gasteiger partial charge on any atom is -0.497 e. The molecule has 1 saturated heterocycles. The van der Waals surface area contributed by atoms with Gasteiger partial charge >= 0.3 is 6.18 Å². The highest BCUT2D eigenvalue weighted by molar-refractivity contribution is 6.04. The largest absolute Gasteiger partial charge is 0.497 e. The Labute approximate surface area is 254 Å². The third kappa shape index (κ3) is 7.46. The fraction of sp³-hybridized carbons (Fsp3) is 0.364. The molecule has 2 heterocycles. The van der Waals surface area contributed by atoms with Gasteiger partial charge in [0.1, 0.15) is 12.3 Å². The summed E-state index contributed by atoms with van der Waals surface area (Å²) in [6.45, 7) is 4.92. The second kappa shape index (κ2) is 13.6. The smallest absolute Gasteiger partial charge is 0.416 e. The molecule has 2 aliphatic heterocycles. The second-order valence-corrected chi connectivity index (χ2v) is 10.9. The van der Waals surface area contributed by atoms with Crippen LogP contribution >= 0.6 is 0 Å². The normalized spacial score (nSPS) is 17.3. The highest BCUT2D eigenvalue weighted by Gasteiger charge is 2.35. The van der Waals surface area contributed by atoms with Crippen molar-refractivity contribution in [3.8, 4) is 5.75 Å². The average molecular weight is 609 g/mol. The molecule has 8 nitrogen and oxygen atoms in total. The van der Waals surface area contributed by atoms with Crippen molar-refractivity contribution < 1.29 is 32.2 Å². The van der Waals surface area contributed by atoms with Crippen molar-refractivity contribution in [2.24, 2.45) is 5.10 Å². The third-order valence-electron chi connectivity index (χ3n) is 7.91. The number of methoxy groups -OCH3 is 1. The lowest BCUT2D eigenvalue weighted by Gasteiger charge is -2.31. The van der Waals surface area contributed by atoms with Crippen LogP contribution in [-0.4, -0.2) is 85.4 Å². The van der Waals surface area contributed by atoms with E-state index >= 15 is 0 Å². The van der Waals surface area contributed by atoms with Crippen molar-refractivity contribution in [3.63, 3.8) is 0 Å². The van der Waals surface area contributed by atoms with Gasteiger partial charge in [0.05, 0.1) is 37.6 Å². The monoisotopic (exact) mass is 608 g/mol. The predicted molar refractivity (Wildman–Crippen MR) is 160 cm³/mol. The lowest BCUT2D eigenvalue weighted by molar-refractivity contribution is -0.137. The molecule has 1 fully saturated rings. The van der Waals surface area contributed by atoms with Gasteiger partial charge in [-0.2, -0.15) is 18.3 Å². The number of aryl methyl sites for hydroxylation is 1. The van der Waals surface area contributed by atoms with Crippen LogP contribution < -0.4 is 4.74 Å². The number of hydrazone groups is 1. The molecular formula is C33H35F3N4O4. The number of nitrogens with zero attached hydrogens (tertiary/aromatic N) is 4. The van der Waals surface area contributed by atoms with Gasteiger partial charge in [0.25, 0.3) is 11.8 Å². The van der Waals surface area contributed by atoms with Gasteiger partial charge in [-0.15, -0.1) is 0 Å². The van der Waals surface area contributed by atoms with Crippen LogP contribution in [0.4, 0.5) is 13.2 Å². The molecule has 1 atom stereocenters. The van der Waals surface area contributed by atoms with Gasteiger partial charge in [0.15, 0.2) is 0 Å². The first-order chi connectivity index (χ1) is 21.1. The SMILES string of the molecule is COc1ccc(C2=NN(C(=O)CN(CCN3CCOCC3)C(=O)c3ccc(C(F)(F)F)cc3)[C@@H](c3ccc(C)cc3)C2)cc1. The van der Waals surface area contributed by atoms with Crippen LogP contribution in [0.5, 0.6) is 5.75 Å². The highest BCUT2D eigenvalue weighted by Crippen LogP contribution is 2.34. The maximum absolute atomic E-state index is 14.0. The van der Waals surface area contributed by atoms with Gasteiger partial charge in [-0.25, -0.2) is 5.01 Å². The van der Waals surface area contributed by atoms with Gasteiger partial charge in [0.2, 0.25) is 0 Å². The van der Waals surface area contributed by atoms with Crippen molar-refractivity contribution in [1.82, 2.24) is 14.8 Å². The summed E-state index contributed by atoms with van der Waals surface area (Å²) in [6.07, 6.45) is -4.05. The molecule has 0 saturated carbocycles. The first-order valence-corrected chi connectivity index (χ1v) is 14.5. The molecule has 11 heteroatoms. The Morgan fingerprint density at radius 2 is 1.64 bits per heavy atom. The number of morpholine rings is 1. The molecule has 3 aromatic carbocycles. The predicted octanol–water partition coefficient (Wildman–Crippen LogP) is 5.17. The molecule has 0 aromatic heterocycles. The summed E-state index contributed by atoms with van der Waals surface area (Å²) >= 11 is 0. The topological polar surface area (TPSA) is 74.7 Å². The van der Waals surface area contributed by atoms with E-state index in [1.54, 1.807) is 7.11 Å². The van der Waals surface area contributed by atoms with E-state index in [1.165, 1.54) is 9.91 Å². The van der Waals surface area contributed by atoms with Crippen LogP contribution in [0.25, 0.3) is 0 Å². The van der Waals surface area contributed by atoms with E-state index in [4.69, 9.17) is 14.6 Å². The van der Waals surface area contributed by atoms with E-state index in [-0.39, 0.29) is 30.6 Å².